The van der Waals surface area contributed by atoms with Crippen LogP contribution in [0.5, 0.6) is 0 Å². The maximum absolute atomic E-state index is 11.4. The molecule has 0 N–H and O–H groups in total. The second kappa shape index (κ2) is 2.46. The second-order valence-corrected chi connectivity index (χ2v) is 2.68. The Kier molecular flexibility index (Phi) is 1.45. The van der Waals surface area contributed by atoms with E-state index in [0.29, 0.717) is 12.2 Å². The van der Waals surface area contributed by atoms with Gasteiger partial charge in [0.25, 0.3) is 5.91 Å². The number of hydrogen-bond acceptors (Lipinski definition) is 3. The second-order valence-electron chi connectivity index (χ2n) is 2.68. The molecule has 4 nitrogen and oxygen atoms in total. The van der Waals surface area contributed by atoms with Gasteiger partial charge in [-0.3, -0.25) is 4.79 Å². The summed E-state index contributed by atoms with van der Waals surface area (Å²) in [6, 6.07) is 0. The fourth-order valence-corrected chi connectivity index (χ4v) is 1.21. The Balaban J connectivity index is 2.48. The van der Waals surface area contributed by atoms with Crippen LogP contribution in [0.25, 0.3) is 0 Å². The van der Waals surface area contributed by atoms with Crippen LogP contribution in [0.1, 0.15) is 0 Å². The maximum atomic E-state index is 11.4. The Bertz CT molecular complexity index is 363. The predicted molar refractivity (Wildman–Crippen MR) is 47.8 cm³/mol. The van der Waals surface area contributed by atoms with Gasteiger partial charge in [-0.25, -0.2) is 4.99 Å². The van der Waals surface area contributed by atoms with E-state index in [1.165, 1.54) is 6.34 Å². The SMILES string of the molecule is BN1CC2=C(N=CN=C=C2)C1=O. The van der Waals surface area contributed by atoms with E-state index in [0.717, 1.165) is 5.57 Å². The largest absolute Gasteiger partial charge is 0.384 e. The van der Waals surface area contributed by atoms with Crippen LogP contribution in [0.3, 0.4) is 0 Å². The third kappa shape index (κ3) is 0.915. The molecule has 2 rings (SSSR count). The molecule has 1 amide bonds. The average Bonchev–Trinajstić information content (AvgIpc) is 2.30. The van der Waals surface area contributed by atoms with Gasteiger partial charge in [0.05, 0.1) is 0 Å². The Morgan fingerprint density at radius 1 is 1.67 bits per heavy atom. The molecule has 12 heavy (non-hydrogen) atoms. The molecule has 5 heteroatoms. The first-order valence-corrected chi connectivity index (χ1v) is 3.59. The topological polar surface area (TPSA) is 45.0 Å². The fraction of sp³-hybridized carbons (Fsp3) is 0.143. The number of hydrogen-bond donors (Lipinski definition) is 0. The molecular weight excluding hydrogens is 153 g/mol. The number of nitrogens with zero attached hydrogens (tertiary/aromatic N) is 3. The third-order valence-corrected chi connectivity index (χ3v) is 1.82. The molecule has 58 valence electrons. The van der Waals surface area contributed by atoms with Crippen LogP contribution in [0.15, 0.2) is 27.3 Å². The van der Waals surface area contributed by atoms with E-state index in [2.05, 4.69) is 15.9 Å². The van der Waals surface area contributed by atoms with Crippen molar-refractivity contribution in [3.05, 3.63) is 17.3 Å². The molecule has 0 aliphatic carbocycles. The summed E-state index contributed by atoms with van der Waals surface area (Å²) in [6.45, 7) is 0.605. The van der Waals surface area contributed by atoms with Gasteiger partial charge < -0.3 is 4.81 Å². The van der Waals surface area contributed by atoms with Crippen molar-refractivity contribution in [3.8, 4) is 0 Å². The lowest BCUT2D eigenvalue weighted by molar-refractivity contribution is -0.121. The minimum atomic E-state index is -0.0450. The highest BCUT2D eigenvalue weighted by atomic mass is 16.2. The van der Waals surface area contributed by atoms with Crippen LogP contribution in [-0.2, 0) is 4.79 Å². The van der Waals surface area contributed by atoms with Crippen LogP contribution >= 0.6 is 0 Å². The van der Waals surface area contributed by atoms with Crippen LogP contribution in [0.2, 0.25) is 0 Å². The van der Waals surface area contributed by atoms with Gasteiger partial charge in [-0.05, 0) is 5.87 Å². The van der Waals surface area contributed by atoms with E-state index < -0.39 is 0 Å². The lowest BCUT2D eigenvalue weighted by Crippen LogP contribution is -2.23. The van der Waals surface area contributed by atoms with Crippen LogP contribution < -0.4 is 0 Å². The highest BCUT2D eigenvalue weighted by Gasteiger charge is 2.25. The molecule has 0 unspecified atom stereocenters. The van der Waals surface area contributed by atoms with Crippen molar-refractivity contribution < 1.29 is 4.79 Å². The summed E-state index contributed by atoms with van der Waals surface area (Å²) in [5.74, 6) is 2.63. The molecule has 2 heterocycles. The molecule has 0 aromatic carbocycles. The number of rotatable bonds is 0. The lowest BCUT2D eigenvalue weighted by atomic mass is 10.2. The lowest BCUT2D eigenvalue weighted by Gasteiger charge is -2.06. The Morgan fingerprint density at radius 3 is 3.33 bits per heavy atom. The fourth-order valence-electron chi connectivity index (χ4n) is 1.21. The number of carbonyl (C=O) groups excluding carboxylic acids is 1. The quantitative estimate of drug-likeness (QED) is 0.413. The molecular formula is C7H6BN3O. The first-order chi connectivity index (χ1) is 5.79. The van der Waals surface area contributed by atoms with E-state index in [1.54, 1.807) is 18.9 Å². The first kappa shape index (κ1) is 7.07. The van der Waals surface area contributed by atoms with E-state index in [9.17, 15) is 4.79 Å². The molecule has 0 radical (unpaired) electrons. The predicted octanol–water partition coefficient (Wildman–Crippen LogP) is -1.10. The highest BCUT2D eigenvalue weighted by molar-refractivity contribution is 6.20. The standard InChI is InChI=1S/C7H6BN3O/c8-11-3-5-1-2-9-4-10-6(5)7(11)12/h1,4H,3,8H2. The molecule has 0 spiro atoms. The zero-order valence-corrected chi connectivity index (χ0v) is 6.61. The molecule has 0 aromatic heterocycles. The molecule has 0 bridgehead atoms. The van der Waals surface area contributed by atoms with Crippen molar-refractivity contribution in [3.63, 3.8) is 0 Å². The van der Waals surface area contributed by atoms with Gasteiger partial charge in [0.15, 0.2) is 0 Å². The summed E-state index contributed by atoms with van der Waals surface area (Å²) in [5, 5.41) is 0. The van der Waals surface area contributed by atoms with Gasteiger partial charge in [-0.1, -0.05) is 0 Å². The highest BCUT2D eigenvalue weighted by Crippen LogP contribution is 2.19. The summed E-state index contributed by atoms with van der Waals surface area (Å²) in [6.07, 6.45) is 3.04. The van der Waals surface area contributed by atoms with E-state index in [-0.39, 0.29) is 5.91 Å². The maximum Gasteiger partial charge on any atom is 0.260 e. The molecule has 0 aromatic rings. The summed E-state index contributed by atoms with van der Waals surface area (Å²) in [5.41, 5.74) is 1.38. The van der Waals surface area contributed by atoms with E-state index in [1.807, 2.05) is 0 Å². The van der Waals surface area contributed by atoms with Crippen molar-refractivity contribution in [2.45, 2.75) is 0 Å². The van der Waals surface area contributed by atoms with Crippen LogP contribution in [0, 0.1) is 0 Å². The van der Waals surface area contributed by atoms with Gasteiger partial charge >= 0.3 is 0 Å². The van der Waals surface area contributed by atoms with Crippen molar-refractivity contribution in [1.82, 2.24) is 4.81 Å². The van der Waals surface area contributed by atoms with Gasteiger partial charge in [0.2, 0.25) is 7.98 Å². The van der Waals surface area contributed by atoms with Crippen molar-refractivity contribution in [1.29, 1.82) is 0 Å². The minimum absolute atomic E-state index is 0.0450. The normalized spacial score (nSPS) is 20.3. The van der Waals surface area contributed by atoms with E-state index in [4.69, 9.17) is 0 Å². The Morgan fingerprint density at radius 2 is 2.50 bits per heavy atom. The Hall–Kier alpha value is -1.61. The minimum Gasteiger partial charge on any atom is -0.384 e. The summed E-state index contributed by atoms with van der Waals surface area (Å²) in [4.78, 5) is 20.6. The van der Waals surface area contributed by atoms with Crippen LogP contribution in [0.4, 0.5) is 0 Å². The molecule has 0 fully saturated rings. The Labute approximate surface area is 70.4 Å². The van der Waals surface area contributed by atoms with E-state index >= 15 is 0 Å². The number of aliphatic imine (C=N–C) groups is 2. The third-order valence-electron chi connectivity index (χ3n) is 1.82. The summed E-state index contributed by atoms with van der Waals surface area (Å²) < 4.78 is 0. The summed E-state index contributed by atoms with van der Waals surface area (Å²) in [7, 11) is 1.75. The molecule has 2 aliphatic rings. The number of carbonyl (C=O) groups is 1. The van der Waals surface area contributed by atoms with Gasteiger partial charge in [-0.2, -0.15) is 4.99 Å². The zero-order chi connectivity index (χ0) is 8.55. The van der Waals surface area contributed by atoms with Crippen molar-refractivity contribution in [2.75, 3.05) is 6.54 Å². The molecule has 0 saturated carbocycles. The molecule has 0 atom stereocenters. The smallest absolute Gasteiger partial charge is 0.260 e. The number of amides is 1. The van der Waals surface area contributed by atoms with Gasteiger partial charge in [-0.15, -0.1) is 0 Å². The van der Waals surface area contributed by atoms with Crippen molar-refractivity contribution in [2.24, 2.45) is 9.98 Å². The first-order valence-electron chi connectivity index (χ1n) is 3.59. The van der Waals surface area contributed by atoms with Crippen LogP contribution in [-0.4, -0.2) is 37.5 Å². The zero-order valence-electron chi connectivity index (χ0n) is 6.61. The van der Waals surface area contributed by atoms with Gasteiger partial charge in [0.1, 0.15) is 12.0 Å². The van der Waals surface area contributed by atoms with Gasteiger partial charge in [0, 0.05) is 18.2 Å². The molecule has 0 saturated heterocycles. The average molecular weight is 159 g/mol. The molecule has 2 aliphatic heterocycles. The van der Waals surface area contributed by atoms with Crippen molar-refractivity contribution >= 4 is 26.1 Å². The summed E-state index contributed by atoms with van der Waals surface area (Å²) >= 11 is 0. The monoisotopic (exact) mass is 159 g/mol.